The van der Waals surface area contributed by atoms with Gasteiger partial charge in [-0.1, -0.05) is 10.3 Å². The summed E-state index contributed by atoms with van der Waals surface area (Å²) >= 11 is 0. The van der Waals surface area contributed by atoms with Crippen molar-refractivity contribution >= 4 is 23.3 Å². The maximum Gasteiger partial charge on any atom is 0.370 e. The summed E-state index contributed by atoms with van der Waals surface area (Å²) in [7, 11) is 0. The second-order valence-corrected chi connectivity index (χ2v) is 7.18. The third kappa shape index (κ3) is 2.21. The molecule has 2 saturated heterocycles. The van der Waals surface area contributed by atoms with E-state index in [0.29, 0.717) is 33.2 Å². The smallest absolute Gasteiger partial charge is 0.369 e. The monoisotopic (exact) mass is 356 g/mol. The zero-order valence-electron chi connectivity index (χ0n) is 14.5. The lowest BCUT2D eigenvalue weighted by molar-refractivity contribution is 0.0540. The van der Waals surface area contributed by atoms with Gasteiger partial charge in [0.1, 0.15) is 21.8 Å². The van der Waals surface area contributed by atoms with Crippen molar-refractivity contribution in [2.75, 3.05) is 36.0 Å². The Morgan fingerprint density at radius 1 is 0.615 bits per heavy atom. The summed E-state index contributed by atoms with van der Waals surface area (Å²) in [5, 5.41) is 9.04. The molecule has 1 aromatic rings. The van der Waals surface area contributed by atoms with Crippen molar-refractivity contribution in [2.45, 2.75) is 38.5 Å². The number of carbonyl (C=O) groups excluding carboxylic acids is 2. The van der Waals surface area contributed by atoms with Gasteiger partial charge in [-0.15, -0.1) is 0 Å². The number of fused-ring (bicyclic) bond motifs is 2. The highest BCUT2D eigenvalue weighted by Gasteiger charge is 2.38. The third-order valence-corrected chi connectivity index (χ3v) is 5.59. The van der Waals surface area contributed by atoms with Crippen molar-refractivity contribution in [1.82, 2.24) is 0 Å². The molecule has 0 bridgehead atoms. The number of carbonyl (C=O) groups is 2. The topological polar surface area (TPSA) is 83.8 Å². The van der Waals surface area contributed by atoms with Crippen LogP contribution >= 0.6 is 0 Å². The van der Waals surface area contributed by atoms with Gasteiger partial charge in [-0.2, -0.15) is 0 Å². The predicted octanol–water partition coefficient (Wildman–Crippen LogP) is 1.08. The molecule has 1 aromatic carbocycles. The van der Waals surface area contributed by atoms with E-state index in [0.717, 1.165) is 64.7 Å². The van der Waals surface area contributed by atoms with Crippen LogP contribution in [0.25, 0.3) is 0 Å². The standard InChI is InChI=1S/C18H20N4O4/c23-17-11-14(20-25-17)16(22-9-5-2-6-10-22)12-13(19-26-18(12)24)15(11)21-7-3-1-4-8-21/h1-10H2. The normalized spacial score (nSPS) is 21.5. The van der Waals surface area contributed by atoms with Crippen LogP contribution in [-0.4, -0.2) is 38.1 Å². The SMILES string of the molecule is O=C1ON=c2c1c(N1CCCCC1)c1c(c2N2CCCCC2)C(=O)ON=1. The Kier molecular flexibility index (Phi) is 3.58. The Morgan fingerprint density at radius 2 is 1.00 bits per heavy atom. The number of nitrogens with zero attached hydrogens (tertiary/aromatic N) is 4. The van der Waals surface area contributed by atoms with E-state index >= 15 is 0 Å². The second-order valence-electron chi connectivity index (χ2n) is 7.18. The van der Waals surface area contributed by atoms with Crippen LogP contribution in [0.1, 0.15) is 59.2 Å². The van der Waals surface area contributed by atoms with Crippen LogP contribution in [0.3, 0.4) is 0 Å². The molecular formula is C18H20N4O4. The first-order chi connectivity index (χ1) is 12.8. The summed E-state index contributed by atoms with van der Waals surface area (Å²) < 4.78 is 0. The summed E-state index contributed by atoms with van der Waals surface area (Å²) in [5.41, 5.74) is 2.14. The lowest BCUT2D eigenvalue weighted by atomic mass is 9.99. The Labute approximate surface area is 150 Å². The summed E-state index contributed by atoms with van der Waals surface area (Å²) in [4.78, 5) is 39.4. The second kappa shape index (κ2) is 5.96. The molecule has 0 unspecified atom stereocenters. The molecule has 0 saturated carbocycles. The lowest BCUT2D eigenvalue weighted by Gasteiger charge is -2.32. The van der Waals surface area contributed by atoms with Crippen LogP contribution in [0.2, 0.25) is 0 Å². The van der Waals surface area contributed by atoms with E-state index < -0.39 is 11.9 Å². The first-order valence-corrected chi connectivity index (χ1v) is 9.34. The molecule has 0 aliphatic carbocycles. The first-order valence-electron chi connectivity index (χ1n) is 9.34. The van der Waals surface area contributed by atoms with Gasteiger partial charge in [0.05, 0.1) is 11.4 Å². The lowest BCUT2D eigenvalue weighted by Crippen LogP contribution is -2.41. The molecule has 136 valence electrons. The largest absolute Gasteiger partial charge is 0.370 e. The minimum absolute atomic E-state index is 0.424. The Bertz CT molecular complexity index is 839. The zero-order valence-corrected chi connectivity index (χ0v) is 14.5. The molecule has 0 amide bonds. The third-order valence-electron chi connectivity index (χ3n) is 5.59. The Hall–Kier alpha value is -2.64. The van der Waals surface area contributed by atoms with Crippen molar-refractivity contribution in [1.29, 1.82) is 0 Å². The van der Waals surface area contributed by atoms with Crippen LogP contribution in [-0.2, 0) is 9.68 Å². The van der Waals surface area contributed by atoms with Crippen LogP contribution in [0.4, 0.5) is 11.4 Å². The van der Waals surface area contributed by atoms with Gasteiger partial charge in [0.2, 0.25) is 0 Å². The molecule has 8 nitrogen and oxygen atoms in total. The highest BCUT2D eigenvalue weighted by Crippen LogP contribution is 2.30. The van der Waals surface area contributed by atoms with Crippen LogP contribution in [0.15, 0.2) is 10.3 Å². The van der Waals surface area contributed by atoms with E-state index in [4.69, 9.17) is 9.68 Å². The molecule has 0 radical (unpaired) electrons. The molecule has 0 N–H and O–H groups in total. The molecule has 26 heavy (non-hydrogen) atoms. The van der Waals surface area contributed by atoms with Crippen molar-refractivity contribution in [2.24, 2.45) is 10.3 Å². The van der Waals surface area contributed by atoms with E-state index in [1.165, 1.54) is 0 Å². The predicted molar refractivity (Wildman–Crippen MR) is 91.7 cm³/mol. The van der Waals surface area contributed by atoms with Gasteiger partial charge in [0, 0.05) is 26.2 Å². The number of hydrogen-bond acceptors (Lipinski definition) is 8. The maximum absolute atomic E-state index is 12.5. The quantitative estimate of drug-likeness (QED) is 0.738. The molecule has 2 fully saturated rings. The Morgan fingerprint density at radius 3 is 1.38 bits per heavy atom. The van der Waals surface area contributed by atoms with Gasteiger partial charge in [0.15, 0.2) is 0 Å². The molecule has 0 spiro atoms. The van der Waals surface area contributed by atoms with Gasteiger partial charge in [-0.25, -0.2) is 9.59 Å². The highest BCUT2D eigenvalue weighted by molar-refractivity contribution is 6.04. The van der Waals surface area contributed by atoms with Gasteiger partial charge in [-0.05, 0) is 38.5 Å². The average molecular weight is 356 g/mol. The minimum atomic E-state index is -0.476. The molecule has 0 atom stereocenters. The fourth-order valence-electron chi connectivity index (χ4n) is 4.38. The van der Waals surface area contributed by atoms with E-state index in [-0.39, 0.29) is 0 Å². The van der Waals surface area contributed by atoms with Crippen molar-refractivity contribution in [3.8, 4) is 0 Å². The van der Waals surface area contributed by atoms with Crippen molar-refractivity contribution in [3.63, 3.8) is 0 Å². The average Bonchev–Trinajstić information content (AvgIpc) is 3.25. The highest BCUT2D eigenvalue weighted by atomic mass is 16.7. The van der Waals surface area contributed by atoms with Gasteiger partial charge < -0.3 is 19.5 Å². The maximum atomic E-state index is 12.5. The number of benzene rings is 1. The van der Waals surface area contributed by atoms with Gasteiger partial charge in [0.25, 0.3) is 0 Å². The van der Waals surface area contributed by atoms with E-state index in [1.54, 1.807) is 0 Å². The van der Waals surface area contributed by atoms with Gasteiger partial charge >= 0.3 is 11.9 Å². The van der Waals surface area contributed by atoms with E-state index in [9.17, 15) is 9.59 Å². The number of piperidine rings is 2. The Balaban J connectivity index is 1.79. The molecular weight excluding hydrogens is 336 g/mol. The van der Waals surface area contributed by atoms with E-state index in [2.05, 4.69) is 20.1 Å². The van der Waals surface area contributed by atoms with Crippen molar-refractivity contribution < 1.29 is 19.3 Å². The summed E-state index contributed by atoms with van der Waals surface area (Å²) in [6.45, 7) is 3.27. The van der Waals surface area contributed by atoms with Crippen LogP contribution in [0, 0.1) is 0 Å². The molecule has 4 heterocycles. The van der Waals surface area contributed by atoms with Gasteiger partial charge in [-0.3, -0.25) is 0 Å². The van der Waals surface area contributed by atoms with Crippen LogP contribution in [0.5, 0.6) is 0 Å². The van der Waals surface area contributed by atoms with Crippen molar-refractivity contribution in [3.05, 3.63) is 21.8 Å². The van der Waals surface area contributed by atoms with Crippen LogP contribution < -0.4 is 20.5 Å². The summed E-state index contributed by atoms with van der Waals surface area (Å²) in [6, 6.07) is 0. The number of anilines is 2. The number of hydrogen-bond donors (Lipinski definition) is 0. The first kappa shape index (κ1) is 15.6. The summed E-state index contributed by atoms with van der Waals surface area (Å²) in [6.07, 6.45) is 6.48. The zero-order chi connectivity index (χ0) is 17.7. The number of rotatable bonds is 2. The van der Waals surface area contributed by atoms with E-state index in [1.807, 2.05) is 0 Å². The molecule has 4 aliphatic rings. The fraction of sp³-hybridized carbons (Fsp3) is 0.556. The molecule has 5 rings (SSSR count). The fourth-order valence-corrected chi connectivity index (χ4v) is 4.38. The molecule has 8 heteroatoms. The molecule has 4 aliphatic heterocycles. The molecule has 0 aromatic heterocycles. The minimum Gasteiger partial charge on any atom is -0.369 e. The summed E-state index contributed by atoms with van der Waals surface area (Å²) in [5.74, 6) is -0.952.